The summed E-state index contributed by atoms with van der Waals surface area (Å²) < 4.78 is 176. The molecule has 7 aromatic rings. The van der Waals surface area contributed by atoms with E-state index in [4.69, 9.17) is 18.3 Å². The molecule has 2 heterocycles. The summed E-state index contributed by atoms with van der Waals surface area (Å²) in [7, 11) is -20.8. The molecule has 7 rings (SSSR count). The van der Waals surface area contributed by atoms with Gasteiger partial charge in [-0.3, -0.25) is 9.59 Å². The van der Waals surface area contributed by atoms with Crippen LogP contribution in [0.25, 0.3) is 44.6 Å². The van der Waals surface area contributed by atoms with Gasteiger partial charge in [-0.25, -0.2) is 33.7 Å². The van der Waals surface area contributed by atoms with E-state index in [1.807, 2.05) is 0 Å². The van der Waals surface area contributed by atoms with Gasteiger partial charge in [0.2, 0.25) is 0 Å². The third-order valence-electron chi connectivity index (χ3n) is 8.39. The first-order valence-electron chi connectivity index (χ1n) is 17.3. The fourth-order valence-electron chi connectivity index (χ4n) is 6.02. The number of ether oxygens (including phenoxy) is 2. The third kappa shape index (κ3) is 16.5. The fraction of sp³-hybridized carbons (Fsp3) is 0.0526. The van der Waals surface area contributed by atoms with Crippen molar-refractivity contribution >= 4 is 63.5 Å². The summed E-state index contributed by atoms with van der Waals surface area (Å²) >= 11 is 0. The van der Waals surface area contributed by atoms with Crippen LogP contribution in [-0.4, -0.2) is 51.9 Å². The molecule has 0 fully saturated rings. The second-order valence-electron chi connectivity index (χ2n) is 13.0. The third-order valence-corrected chi connectivity index (χ3v) is 9.97. The topological polar surface area (TPSA) is 345 Å². The zero-order chi connectivity index (χ0) is 46.2. The molecule has 0 saturated heterocycles. The second kappa shape index (κ2) is 23.9. The summed E-state index contributed by atoms with van der Waals surface area (Å²) in [6.07, 6.45) is 0. The quantitative estimate of drug-likeness (QED) is 0.0493. The largest absolute Gasteiger partial charge is 1.00 e. The SMILES string of the molecule is O=c1cc(-c2ccc(OS(=O)(=O)[O-])cc2)oc2cc(OS(=O)(=O)[O-])cc(OCc3cccc(COc4cc(OS(=O)(=O)[O-])cc5oc(-c6ccc(OS(=O)(=O)[O-])cc6)cc(=O)c45)c3)c12.[Na+].[Na+].[Na+].[Na+]. The number of rotatable bonds is 16. The molecule has 0 amide bonds. The molecule has 0 unspecified atom stereocenters. The molecular weight excluding hydrogens is 1030 g/mol. The van der Waals surface area contributed by atoms with Gasteiger partial charge >= 0.3 is 118 Å². The molecule has 22 nitrogen and oxygen atoms in total. The normalized spacial score (nSPS) is 11.5. The first-order chi connectivity index (χ1) is 29.9. The van der Waals surface area contributed by atoms with E-state index in [9.17, 15) is 61.5 Å². The Morgan fingerprint density at radius 1 is 0.412 bits per heavy atom. The molecule has 68 heavy (non-hydrogen) atoms. The van der Waals surface area contributed by atoms with E-state index in [0.717, 1.165) is 60.7 Å². The van der Waals surface area contributed by atoms with Crippen molar-refractivity contribution in [1.82, 2.24) is 0 Å². The van der Waals surface area contributed by atoms with Crippen LogP contribution in [0.2, 0.25) is 0 Å². The van der Waals surface area contributed by atoms with Crippen molar-refractivity contribution in [1.29, 1.82) is 0 Å². The molecule has 0 aliphatic carbocycles. The molecule has 30 heteroatoms. The Labute approximate surface area is 473 Å². The van der Waals surface area contributed by atoms with Gasteiger partial charge in [0.15, 0.2) is 10.9 Å². The van der Waals surface area contributed by atoms with Crippen LogP contribution in [0.4, 0.5) is 0 Å². The summed E-state index contributed by atoms with van der Waals surface area (Å²) in [5, 5.41) is -0.429. The van der Waals surface area contributed by atoms with E-state index < -0.39 is 64.0 Å². The molecule has 0 N–H and O–H groups in total. The predicted octanol–water partition coefficient (Wildman–Crippen LogP) is -8.24. The van der Waals surface area contributed by atoms with Crippen LogP contribution >= 0.6 is 0 Å². The van der Waals surface area contributed by atoms with Crippen LogP contribution in [0.3, 0.4) is 0 Å². The molecule has 0 radical (unpaired) electrons. The zero-order valence-electron chi connectivity index (χ0n) is 35.4. The van der Waals surface area contributed by atoms with Crippen molar-refractivity contribution in [2.45, 2.75) is 13.2 Å². The average Bonchev–Trinajstić information content (AvgIpc) is 3.17. The Morgan fingerprint density at radius 3 is 1.06 bits per heavy atom. The minimum atomic E-state index is -5.34. The van der Waals surface area contributed by atoms with Crippen molar-refractivity contribution in [3.63, 3.8) is 0 Å². The van der Waals surface area contributed by atoms with E-state index in [1.165, 1.54) is 24.3 Å². The Morgan fingerprint density at radius 2 is 0.735 bits per heavy atom. The zero-order valence-corrected chi connectivity index (χ0v) is 46.7. The molecule has 0 bridgehead atoms. The van der Waals surface area contributed by atoms with Crippen LogP contribution in [0.1, 0.15) is 11.1 Å². The Bertz CT molecular complexity index is 3320. The maximum Gasteiger partial charge on any atom is 1.00 e. The molecule has 334 valence electrons. The van der Waals surface area contributed by atoms with Crippen molar-refractivity contribution in [2.24, 2.45) is 0 Å². The first kappa shape index (κ1) is 59.3. The summed E-state index contributed by atoms with van der Waals surface area (Å²) in [5.41, 5.74) is -0.841. The Hall–Kier alpha value is -3.04. The fourth-order valence-corrected chi connectivity index (χ4v) is 7.37. The number of fused-ring (bicyclic) bond motifs is 2. The van der Waals surface area contributed by atoms with E-state index in [-0.39, 0.29) is 199 Å². The van der Waals surface area contributed by atoms with Gasteiger partial charge in [-0.1, -0.05) is 18.2 Å². The molecule has 2 aromatic heterocycles. The molecule has 0 saturated carbocycles. The van der Waals surface area contributed by atoms with Gasteiger partial charge in [-0.15, -0.1) is 0 Å². The van der Waals surface area contributed by atoms with Gasteiger partial charge in [0.1, 0.15) is 81.2 Å². The van der Waals surface area contributed by atoms with Crippen molar-refractivity contribution < 1.29 is 205 Å². The van der Waals surface area contributed by atoms with Crippen molar-refractivity contribution in [2.75, 3.05) is 0 Å². The van der Waals surface area contributed by atoms with E-state index >= 15 is 0 Å². The van der Waals surface area contributed by atoms with Gasteiger partial charge in [-0.2, -0.15) is 0 Å². The minimum Gasteiger partial charge on any atom is -0.716 e. The number of hydrogen-bond donors (Lipinski definition) is 0. The maximum atomic E-state index is 13.4. The number of benzene rings is 5. The van der Waals surface area contributed by atoms with Gasteiger partial charge < -0.3 is 53.3 Å². The van der Waals surface area contributed by atoms with Crippen molar-refractivity contribution in [3.8, 4) is 57.1 Å². The monoisotopic (exact) mass is 1050 g/mol. The van der Waals surface area contributed by atoms with Gasteiger partial charge in [0.25, 0.3) is 41.6 Å². The summed E-state index contributed by atoms with van der Waals surface area (Å²) in [4.78, 5) is 26.9. The Balaban J connectivity index is 0.00000306. The van der Waals surface area contributed by atoms with Crippen molar-refractivity contribution in [3.05, 3.63) is 141 Å². The molecule has 0 atom stereocenters. The van der Waals surface area contributed by atoms with Gasteiger partial charge in [0, 0.05) is 47.5 Å². The summed E-state index contributed by atoms with van der Waals surface area (Å²) in [5.74, 6) is -2.67. The predicted molar refractivity (Wildman–Crippen MR) is 212 cm³/mol. The summed E-state index contributed by atoms with van der Waals surface area (Å²) in [6.45, 7) is -0.636. The standard InChI is InChI=1S/C38H26O22S4.4Na/c39-29-17-31(23-4-8-25(9-5-23)57-61(41,42)43)55-35-15-27(59-63(47,48)49)13-33(37(29)35)53-19-21-2-1-3-22(12-21)20-54-34-14-28(60-64(50,51)52)16-36-38(34)30(40)18-32(56-36)24-6-10-26(11-7-24)58-62(44,45)46;;;;/h1-18H,19-20H2,(H,41,42,43)(H,44,45,46)(H,47,48,49)(H,50,51,52);;;;/q;4*+1/p-4. The number of hydrogen-bond acceptors (Lipinski definition) is 22. The first-order valence-corrected chi connectivity index (χ1v) is 22.7. The van der Waals surface area contributed by atoms with Crippen LogP contribution in [-0.2, 0) is 54.8 Å². The minimum absolute atomic E-state index is 0. The van der Waals surface area contributed by atoms with Gasteiger partial charge in [-0.05, 0) is 65.7 Å². The van der Waals surface area contributed by atoms with E-state index in [0.29, 0.717) is 11.1 Å². The maximum absolute atomic E-state index is 13.4. The van der Waals surface area contributed by atoms with Crippen LogP contribution in [0.5, 0.6) is 34.5 Å². The van der Waals surface area contributed by atoms with Gasteiger partial charge in [0.05, 0.1) is 0 Å². The van der Waals surface area contributed by atoms with Crippen LogP contribution in [0.15, 0.2) is 128 Å². The Kier molecular flexibility index (Phi) is 20.8. The van der Waals surface area contributed by atoms with Crippen LogP contribution < -0.4 is 155 Å². The molecular formula is C38H22Na4O22S4. The molecule has 0 aliphatic rings. The molecule has 0 aliphatic heterocycles. The van der Waals surface area contributed by atoms with Crippen LogP contribution in [0, 0.1) is 0 Å². The van der Waals surface area contributed by atoms with E-state index in [2.05, 4.69) is 16.7 Å². The van der Waals surface area contributed by atoms with E-state index in [1.54, 1.807) is 24.3 Å². The average molecular weight is 1050 g/mol. The summed E-state index contributed by atoms with van der Waals surface area (Å²) in [6, 6.07) is 21.6. The molecule has 5 aromatic carbocycles. The smallest absolute Gasteiger partial charge is 0.716 e. The second-order valence-corrected chi connectivity index (χ2v) is 16.9. The molecule has 0 spiro atoms.